The van der Waals surface area contributed by atoms with Crippen LogP contribution in [0.15, 0.2) is 24.3 Å². The third-order valence-corrected chi connectivity index (χ3v) is 3.20. The summed E-state index contributed by atoms with van der Waals surface area (Å²) in [4.78, 5) is 14.3. The highest BCUT2D eigenvalue weighted by molar-refractivity contribution is 5.97. The Morgan fingerprint density at radius 2 is 1.89 bits per heavy atom. The SMILES string of the molecule is CC1CN(CC(=O)c2ccc(C#N)cc2)CC(C)O1. The molecule has 1 aliphatic rings. The van der Waals surface area contributed by atoms with E-state index in [0.717, 1.165) is 13.1 Å². The van der Waals surface area contributed by atoms with Crippen LogP contribution in [0.1, 0.15) is 29.8 Å². The van der Waals surface area contributed by atoms with Gasteiger partial charge in [-0.25, -0.2) is 0 Å². The van der Waals surface area contributed by atoms with Crippen LogP contribution in [0.3, 0.4) is 0 Å². The quantitative estimate of drug-likeness (QED) is 0.776. The summed E-state index contributed by atoms with van der Waals surface area (Å²) in [5.74, 6) is 0.0887. The lowest BCUT2D eigenvalue weighted by Gasteiger charge is -2.34. The van der Waals surface area contributed by atoms with Gasteiger partial charge in [-0.05, 0) is 26.0 Å². The van der Waals surface area contributed by atoms with Crippen LogP contribution in [0, 0.1) is 11.3 Å². The second-order valence-corrected chi connectivity index (χ2v) is 5.06. The van der Waals surface area contributed by atoms with Crippen LogP contribution in [0.25, 0.3) is 0 Å². The van der Waals surface area contributed by atoms with Crippen molar-refractivity contribution in [1.29, 1.82) is 5.26 Å². The lowest BCUT2D eigenvalue weighted by Crippen LogP contribution is -2.47. The molecular formula is C15H18N2O2. The average Bonchev–Trinajstić information content (AvgIpc) is 2.37. The minimum atomic E-state index is 0.0887. The van der Waals surface area contributed by atoms with Gasteiger partial charge in [0.15, 0.2) is 5.78 Å². The smallest absolute Gasteiger partial charge is 0.176 e. The van der Waals surface area contributed by atoms with Gasteiger partial charge in [0, 0.05) is 18.7 Å². The summed E-state index contributed by atoms with van der Waals surface area (Å²) in [6.45, 7) is 6.02. The molecule has 2 unspecified atom stereocenters. The minimum absolute atomic E-state index is 0.0887. The average molecular weight is 258 g/mol. The second-order valence-electron chi connectivity index (χ2n) is 5.06. The zero-order valence-corrected chi connectivity index (χ0v) is 11.3. The van der Waals surface area contributed by atoms with E-state index in [9.17, 15) is 4.79 Å². The van der Waals surface area contributed by atoms with Crippen molar-refractivity contribution in [1.82, 2.24) is 4.90 Å². The van der Waals surface area contributed by atoms with Gasteiger partial charge >= 0.3 is 0 Å². The first kappa shape index (κ1) is 13.7. The van der Waals surface area contributed by atoms with Crippen LogP contribution >= 0.6 is 0 Å². The van der Waals surface area contributed by atoms with Crippen LogP contribution in [0.2, 0.25) is 0 Å². The molecule has 19 heavy (non-hydrogen) atoms. The van der Waals surface area contributed by atoms with Crippen molar-refractivity contribution in [2.45, 2.75) is 26.1 Å². The predicted octanol–water partition coefficient (Wildman–Crippen LogP) is 1.85. The second kappa shape index (κ2) is 5.96. The van der Waals surface area contributed by atoms with Crippen molar-refractivity contribution in [3.05, 3.63) is 35.4 Å². The number of Topliss-reactive ketones (excluding diaryl/α,β-unsaturated/α-hetero) is 1. The molecule has 0 aromatic heterocycles. The van der Waals surface area contributed by atoms with E-state index in [1.54, 1.807) is 24.3 Å². The zero-order valence-electron chi connectivity index (χ0n) is 11.3. The molecular weight excluding hydrogens is 240 g/mol. The number of hydrogen-bond acceptors (Lipinski definition) is 4. The Morgan fingerprint density at radius 1 is 1.32 bits per heavy atom. The number of ether oxygens (including phenoxy) is 1. The summed E-state index contributed by atoms with van der Waals surface area (Å²) < 4.78 is 5.64. The van der Waals surface area contributed by atoms with Gasteiger partial charge in [-0.1, -0.05) is 12.1 Å². The van der Waals surface area contributed by atoms with Gasteiger partial charge in [0.25, 0.3) is 0 Å². The standard InChI is InChI=1S/C15H18N2O2/c1-11-8-17(9-12(2)19-11)10-15(18)14-5-3-13(7-16)4-6-14/h3-6,11-12H,8-10H2,1-2H3. The first-order valence-electron chi connectivity index (χ1n) is 6.49. The Bertz CT molecular complexity index is 480. The highest BCUT2D eigenvalue weighted by atomic mass is 16.5. The molecule has 1 saturated heterocycles. The molecule has 0 amide bonds. The van der Waals surface area contributed by atoms with Crippen molar-refractivity contribution in [3.8, 4) is 6.07 Å². The number of nitrogens with zero attached hydrogens (tertiary/aromatic N) is 2. The Hall–Kier alpha value is -1.70. The van der Waals surface area contributed by atoms with E-state index in [1.165, 1.54) is 0 Å². The third kappa shape index (κ3) is 3.63. The summed E-state index contributed by atoms with van der Waals surface area (Å²) in [5, 5.41) is 8.73. The van der Waals surface area contributed by atoms with Crippen molar-refractivity contribution in [2.75, 3.05) is 19.6 Å². The van der Waals surface area contributed by atoms with E-state index in [2.05, 4.69) is 4.90 Å². The number of morpholine rings is 1. The maximum atomic E-state index is 12.2. The summed E-state index contributed by atoms with van der Waals surface area (Å²) in [7, 11) is 0. The lowest BCUT2D eigenvalue weighted by molar-refractivity contribution is -0.0652. The van der Waals surface area contributed by atoms with Crippen molar-refractivity contribution >= 4 is 5.78 Å². The highest BCUT2D eigenvalue weighted by Gasteiger charge is 2.23. The summed E-state index contributed by atoms with van der Waals surface area (Å²) >= 11 is 0. The van der Waals surface area contributed by atoms with E-state index >= 15 is 0 Å². The topological polar surface area (TPSA) is 53.3 Å². The van der Waals surface area contributed by atoms with Crippen LogP contribution in [0.4, 0.5) is 0 Å². The van der Waals surface area contributed by atoms with Gasteiger partial charge in [-0.2, -0.15) is 5.26 Å². The molecule has 2 rings (SSSR count). The first-order chi connectivity index (χ1) is 9.08. The zero-order chi connectivity index (χ0) is 13.8. The van der Waals surface area contributed by atoms with E-state index in [4.69, 9.17) is 10.00 Å². The predicted molar refractivity (Wildman–Crippen MR) is 71.9 cm³/mol. The Kier molecular flexibility index (Phi) is 4.31. The fourth-order valence-corrected chi connectivity index (χ4v) is 2.44. The Labute approximate surface area is 113 Å². The maximum Gasteiger partial charge on any atom is 0.176 e. The molecule has 1 aromatic carbocycles. The Balaban J connectivity index is 1.98. The molecule has 0 radical (unpaired) electrons. The molecule has 4 nitrogen and oxygen atoms in total. The number of rotatable bonds is 3. The van der Waals surface area contributed by atoms with E-state index in [1.807, 2.05) is 19.9 Å². The fraction of sp³-hybridized carbons (Fsp3) is 0.467. The molecule has 1 fully saturated rings. The monoisotopic (exact) mass is 258 g/mol. The molecule has 0 aliphatic carbocycles. The van der Waals surface area contributed by atoms with Gasteiger partial charge in [-0.15, -0.1) is 0 Å². The van der Waals surface area contributed by atoms with Crippen LogP contribution in [0.5, 0.6) is 0 Å². The van der Waals surface area contributed by atoms with Crippen molar-refractivity contribution < 1.29 is 9.53 Å². The molecule has 1 heterocycles. The van der Waals surface area contributed by atoms with Gasteiger partial charge in [0.1, 0.15) is 0 Å². The molecule has 0 bridgehead atoms. The van der Waals surface area contributed by atoms with Gasteiger partial charge < -0.3 is 4.74 Å². The molecule has 4 heteroatoms. The largest absolute Gasteiger partial charge is 0.373 e. The molecule has 1 aromatic rings. The number of carbonyl (C=O) groups is 1. The number of nitriles is 1. The van der Waals surface area contributed by atoms with Crippen LogP contribution < -0.4 is 0 Å². The molecule has 0 saturated carbocycles. The summed E-state index contributed by atoms with van der Waals surface area (Å²) in [6.07, 6.45) is 0.329. The highest BCUT2D eigenvalue weighted by Crippen LogP contribution is 2.12. The van der Waals surface area contributed by atoms with Gasteiger partial charge in [0.05, 0.1) is 30.4 Å². The summed E-state index contributed by atoms with van der Waals surface area (Å²) in [6, 6.07) is 8.84. The van der Waals surface area contributed by atoms with E-state index in [0.29, 0.717) is 17.7 Å². The number of carbonyl (C=O) groups excluding carboxylic acids is 1. The van der Waals surface area contributed by atoms with Crippen molar-refractivity contribution in [3.63, 3.8) is 0 Å². The lowest BCUT2D eigenvalue weighted by atomic mass is 10.1. The molecule has 1 aliphatic heterocycles. The number of hydrogen-bond donors (Lipinski definition) is 0. The van der Waals surface area contributed by atoms with Crippen LogP contribution in [-0.4, -0.2) is 42.5 Å². The minimum Gasteiger partial charge on any atom is -0.373 e. The van der Waals surface area contributed by atoms with E-state index in [-0.39, 0.29) is 18.0 Å². The molecule has 2 atom stereocenters. The first-order valence-corrected chi connectivity index (χ1v) is 6.49. The molecule has 100 valence electrons. The van der Waals surface area contributed by atoms with E-state index < -0.39 is 0 Å². The number of ketones is 1. The Morgan fingerprint density at radius 3 is 2.42 bits per heavy atom. The van der Waals surface area contributed by atoms with Gasteiger partial charge in [-0.3, -0.25) is 9.69 Å². The third-order valence-electron chi connectivity index (χ3n) is 3.20. The fourth-order valence-electron chi connectivity index (χ4n) is 2.44. The molecule has 0 spiro atoms. The maximum absolute atomic E-state index is 12.2. The van der Waals surface area contributed by atoms with Gasteiger partial charge in [0.2, 0.25) is 0 Å². The number of benzene rings is 1. The van der Waals surface area contributed by atoms with Crippen molar-refractivity contribution in [2.24, 2.45) is 0 Å². The molecule has 0 N–H and O–H groups in total. The normalized spacial score (nSPS) is 23.8. The van der Waals surface area contributed by atoms with Crippen LogP contribution in [-0.2, 0) is 4.74 Å². The summed E-state index contributed by atoms with van der Waals surface area (Å²) in [5.41, 5.74) is 1.23.